The van der Waals surface area contributed by atoms with Crippen molar-refractivity contribution in [3.05, 3.63) is 52.3 Å². The van der Waals surface area contributed by atoms with Crippen LogP contribution in [0.25, 0.3) is 11.1 Å². The molecule has 0 bridgehead atoms. The average molecular weight is 343 g/mol. The zero-order chi connectivity index (χ0) is 18.0. The summed E-state index contributed by atoms with van der Waals surface area (Å²) in [6.45, 7) is 5.01. The summed E-state index contributed by atoms with van der Waals surface area (Å²) in [5, 5.41) is 20.8. The van der Waals surface area contributed by atoms with Gasteiger partial charge >= 0.3 is 0 Å². The Morgan fingerprint density at radius 2 is 1.92 bits per heavy atom. The zero-order valence-electron chi connectivity index (χ0n) is 14.3. The summed E-state index contributed by atoms with van der Waals surface area (Å²) < 4.78 is 11.6. The molecule has 0 amide bonds. The van der Waals surface area contributed by atoms with Crippen LogP contribution in [-0.4, -0.2) is 39.3 Å². The fourth-order valence-corrected chi connectivity index (χ4v) is 4.01. The molecule has 3 heterocycles. The highest BCUT2D eigenvalue weighted by molar-refractivity contribution is 5.65. The number of fused-ring (bicyclic) bond motifs is 3. The van der Waals surface area contributed by atoms with Gasteiger partial charge in [-0.1, -0.05) is 30.3 Å². The minimum atomic E-state index is -1.26. The number of benzene rings is 1. The first-order valence-electron chi connectivity index (χ1n) is 8.32. The molecule has 2 aliphatic heterocycles. The molecule has 6 nitrogen and oxygen atoms in total. The van der Waals surface area contributed by atoms with Crippen LogP contribution in [0.4, 0.5) is 0 Å². The molecule has 0 aliphatic carbocycles. The third kappa shape index (κ3) is 1.99. The Bertz CT molecular complexity index is 877. The summed E-state index contributed by atoms with van der Waals surface area (Å²) in [5.74, 6) is 0.325. The maximum absolute atomic E-state index is 13.2. The maximum atomic E-state index is 13.2. The van der Waals surface area contributed by atoms with Gasteiger partial charge in [0, 0.05) is 11.8 Å². The van der Waals surface area contributed by atoms with Crippen LogP contribution in [0.5, 0.6) is 5.88 Å². The second-order valence-corrected chi connectivity index (χ2v) is 7.21. The van der Waals surface area contributed by atoms with Crippen molar-refractivity contribution in [3.8, 4) is 17.0 Å². The molecule has 1 aromatic heterocycles. The number of rotatable bonds is 2. The molecule has 25 heavy (non-hydrogen) atoms. The number of aromatic nitrogens is 1. The third-order valence-corrected chi connectivity index (χ3v) is 5.68. The first kappa shape index (κ1) is 16.3. The van der Waals surface area contributed by atoms with Crippen LogP contribution in [0.3, 0.4) is 0 Å². The summed E-state index contributed by atoms with van der Waals surface area (Å²) in [7, 11) is 0. The highest BCUT2D eigenvalue weighted by atomic mass is 16.7. The second-order valence-electron chi connectivity index (χ2n) is 7.21. The highest BCUT2D eigenvalue weighted by Gasteiger charge is 2.68. The monoisotopic (exact) mass is 343 g/mol. The second kappa shape index (κ2) is 5.17. The lowest BCUT2D eigenvalue weighted by atomic mass is 9.74. The number of aliphatic hydroxyl groups is 2. The maximum Gasteiger partial charge on any atom is 0.199 e. The number of H-pyrrole nitrogens is 1. The summed E-state index contributed by atoms with van der Waals surface area (Å²) >= 11 is 0. The summed E-state index contributed by atoms with van der Waals surface area (Å²) in [4.78, 5) is 16.2. The Hall–Kier alpha value is -2.15. The molecule has 3 N–H and O–H groups in total. The van der Waals surface area contributed by atoms with Gasteiger partial charge in [-0.05, 0) is 26.3 Å². The Morgan fingerprint density at radius 3 is 2.56 bits per heavy atom. The summed E-state index contributed by atoms with van der Waals surface area (Å²) in [6, 6.07) is 9.32. The van der Waals surface area contributed by atoms with E-state index in [-0.39, 0.29) is 5.43 Å². The molecule has 5 atom stereocenters. The van der Waals surface area contributed by atoms with Gasteiger partial charge in [0.1, 0.15) is 11.7 Å². The number of nitrogens with one attached hydrogen (secondary N) is 1. The summed E-state index contributed by atoms with van der Waals surface area (Å²) in [6.07, 6.45) is -1.20. The van der Waals surface area contributed by atoms with Crippen LogP contribution in [0.1, 0.15) is 26.3 Å². The molecule has 2 aliphatic rings. The minimum Gasteiger partial charge on any atom is -0.471 e. The Morgan fingerprint density at radius 1 is 1.24 bits per heavy atom. The van der Waals surface area contributed by atoms with E-state index in [0.29, 0.717) is 17.0 Å². The van der Waals surface area contributed by atoms with Gasteiger partial charge in [-0.2, -0.15) is 0 Å². The van der Waals surface area contributed by atoms with Gasteiger partial charge in [-0.3, -0.25) is 4.79 Å². The van der Waals surface area contributed by atoms with Crippen molar-refractivity contribution in [2.45, 2.75) is 50.3 Å². The van der Waals surface area contributed by atoms with Gasteiger partial charge in [0.05, 0.1) is 17.1 Å². The van der Waals surface area contributed by atoms with Crippen molar-refractivity contribution < 1.29 is 19.7 Å². The standard InChI is InChI=1S/C19H21NO5/c1-10(21)19(3)16-18(2,17(23)25-19)13-14(22)12(9-20-15(13)24-16)11-7-5-4-6-8-11/h4-10,16-17,21,23H,1-3H3,(H,20,22)/t10-,16+,17+,18-,19-/m0/s1. The third-order valence-electron chi connectivity index (χ3n) is 5.68. The van der Waals surface area contributed by atoms with Crippen molar-refractivity contribution in [1.29, 1.82) is 0 Å². The molecule has 1 saturated heterocycles. The number of aliphatic hydroxyl groups excluding tert-OH is 2. The van der Waals surface area contributed by atoms with E-state index in [1.54, 1.807) is 27.0 Å². The van der Waals surface area contributed by atoms with E-state index >= 15 is 0 Å². The topological polar surface area (TPSA) is 91.8 Å². The predicted molar refractivity (Wildman–Crippen MR) is 91.4 cm³/mol. The SMILES string of the molecule is C[C@H](O)[C@]1(C)O[C@@H](O)[C@@]2(C)c3c([nH]cc(-c4ccccc4)c3=O)O[C@@H]12. The van der Waals surface area contributed by atoms with Crippen molar-refractivity contribution >= 4 is 0 Å². The smallest absolute Gasteiger partial charge is 0.199 e. The predicted octanol–water partition coefficient (Wildman–Crippen LogP) is 1.55. The van der Waals surface area contributed by atoms with Crippen LogP contribution in [0.15, 0.2) is 41.3 Å². The Kier molecular flexibility index (Phi) is 3.38. The van der Waals surface area contributed by atoms with E-state index in [9.17, 15) is 15.0 Å². The zero-order valence-corrected chi connectivity index (χ0v) is 14.3. The van der Waals surface area contributed by atoms with Crippen molar-refractivity contribution in [3.63, 3.8) is 0 Å². The first-order chi connectivity index (χ1) is 11.8. The van der Waals surface area contributed by atoms with E-state index in [0.717, 1.165) is 5.56 Å². The molecule has 132 valence electrons. The van der Waals surface area contributed by atoms with Crippen molar-refractivity contribution in [1.82, 2.24) is 4.98 Å². The van der Waals surface area contributed by atoms with Gasteiger partial charge in [0.15, 0.2) is 17.6 Å². The van der Waals surface area contributed by atoms with Crippen LogP contribution in [0, 0.1) is 0 Å². The van der Waals surface area contributed by atoms with E-state index in [4.69, 9.17) is 9.47 Å². The number of aromatic amines is 1. The molecule has 1 aromatic carbocycles. The van der Waals surface area contributed by atoms with Gasteiger partial charge in [-0.15, -0.1) is 0 Å². The minimum absolute atomic E-state index is 0.206. The number of pyridine rings is 1. The van der Waals surface area contributed by atoms with Gasteiger partial charge in [0.2, 0.25) is 0 Å². The molecule has 0 unspecified atom stereocenters. The Balaban J connectivity index is 1.91. The molecule has 0 spiro atoms. The van der Waals surface area contributed by atoms with Crippen molar-refractivity contribution in [2.24, 2.45) is 0 Å². The first-order valence-corrected chi connectivity index (χ1v) is 8.32. The Labute approximate surface area is 145 Å². The number of ether oxygens (including phenoxy) is 2. The van der Waals surface area contributed by atoms with E-state index in [1.165, 1.54) is 0 Å². The quantitative estimate of drug-likeness (QED) is 0.769. The van der Waals surface area contributed by atoms with E-state index < -0.39 is 29.5 Å². The normalized spacial score (nSPS) is 34.3. The number of hydrogen-bond acceptors (Lipinski definition) is 5. The average Bonchev–Trinajstić information content (AvgIpc) is 3.00. The lowest BCUT2D eigenvalue weighted by Crippen LogP contribution is -2.52. The largest absolute Gasteiger partial charge is 0.471 e. The fourth-order valence-electron chi connectivity index (χ4n) is 4.01. The van der Waals surface area contributed by atoms with Gasteiger partial charge in [-0.25, -0.2) is 0 Å². The van der Waals surface area contributed by atoms with E-state index in [1.807, 2.05) is 30.3 Å². The van der Waals surface area contributed by atoms with Crippen LogP contribution >= 0.6 is 0 Å². The highest BCUT2D eigenvalue weighted by Crippen LogP contribution is 2.54. The van der Waals surface area contributed by atoms with Crippen molar-refractivity contribution in [2.75, 3.05) is 0 Å². The lowest BCUT2D eigenvalue weighted by molar-refractivity contribution is -0.184. The molecule has 6 heteroatoms. The van der Waals surface area contributed by atoms with Crippen LogP contribution < -0.4 is 10.2 Å². The molecule has 0 saturated carbocycles. The molecular weight excluding hydrogens is 322 g/mol. The molecule has 1 fully saturated rings. The molecule has 0 radical (unpaired) electrons. The molecule has 4 rings (SSSR count). The van der Waals surface area contributed by atoms with Crippen LogP contribution in [0.2, 0.25) is 0 Å². The lowest BCUT2D eigenvalue weighted by Gasteiger charge is -2.32. The molecule has 2 aromatic rings. The van der Waals surface area contributed by atoms with Gasteiger partial charge in [0.25, 0.3) is 0 Å². The number of hydrogen-bond donors (Lipinski definition) is 3. The molecular formula is C19H21NO5. The van der Waals surface area contributed by atoms with E-state index in [2.05, 4.69) is 4.98 Å². The summed E-state index contributed by atoms with van der Waals surface area (Å²) in [5.41, 5.74) is -0.758. The fraction of sp³-hybridized carbons (Fsp3) is 0.421. The van der Waals surface area contributed by atoms with Gasteiger partial charge < -0.3 is 24.7 Å². The van der Waals surface area contributed by atoms with Crippen LogP contribution in [-0.2, 0) is 10.2 Å².